The number of benzene rings is 2. The summed E-state index contributed by atoms with van der Waals surface area (Å²) in [6.45, 7) is 2.64. The van der Waals surface area contributed by atoms with Gasteiger partial charge in [0.25, 0.3) is 5.91 Å². The summed E-state index contributed by atoms with van der Waals surface area (Å²) in [6.07, 6.45) is 0.720. The van der Waals surface area contributed by atoms with Gasteiger partial charge in [0.05, 0.1) is 22.7 Å². The van der Waals surface area contributed by atoms with Crippen LogP contribution in [0.3, 0.4) is 0 Å². The number of amides is 1. The number of nitriles is 1. The highest BCUT2D eigenvalue weighted by atomic mass is 79.9. The van der Waals surface area contributed by atoms with Crippen molar-refractivity contribution in [1.29, 1.82) is 5.26 Å². The van der Waals surface area contributed by atoms with E-state index in [1.165, 1.54) is 0 Å². The third-order valence-corrected chi connectivity index (χ3v) is 4.82. The first-order valence-corrected chi connectivity index (χ1v) is 9.63. The van der Waals surface area contributed by atoms with Crippen LogP contribution in [-0.2, 0) is 11.2 Å². The summed E-state index contributed by atoms with van der Waals surface area (Å²) >= 11 is 6.84. The van der Waals surface area contributed by atoms with E-state index in [2.05, 4.69) is 43.2 Å². The maximum Gasteiger partial charge on any atom is 0.257 e. The van der Waals surface area contributed by atoms with E-state index < -0.39 is 0 Å². The number of nitrogens with zero attached hydrogens (tertiary/aromatic N) is 1. The standard InChI is InChI=1S/C19H18Br2N2O3/c1-2-25-17-10-13(11-22)9-16(21)19(17)26-12-18(24)23-8-7-14-5-3-4-6-15(14)20/h3-6,9-10H,2,7-8,12H2,1H3,(H,23,24). The van der Waals surface area contributed by atoms with E-state index in [1.54, 1.807) is 12.1 Å². The van der Waals surface area contributed by atoms with Crippen LogP contribution < -0.4 is 14.8 Å². The smallest absolute Gasteiger partial charge is 0.257 e. The first-order chi connectivity index (χ1) is 12.5. The zero-order chi connectivity index (χ0) is 18.9. The fraction of sp³-hybridized carbons (Fsp3) is 0.263. The number of halogens is 2. The molecule has 0 unspecified atom stereocenters. The molecule has 136 valence electrons. The summed E-state index contributed by atoms with van der Waals surface area (Å²) in [4.78, 5) is 12.0. The Morgan fingerprint density at radius 1 is 1.19 bits per heavy atom. The Labute approximate surface area is 169 Å². The Morgan fingerprint density at radius 3 is 2.65 bits per heavy atom. The lowest BCUT2D eigenvalue weighted by Crippen LogP contribution is -2.30. The molecule has 0 atom stereocenters. The molecule has 0 heterocycles. The summed E-state index contributed by atoms with van der Waals surface area (Å²) in [5.41, 5.74) is 1.58. The van der Waals surface area contributed by atoms with Gasteiger partial charge in [-0.05, 0) is 47.0 Å². The quantitative estimate of drug-likeness (QED) is 0.612. The van der Waals surface area contributed by atoms with Crippen molar-refractivity contribution in [3.05, 3.63) is 56.5 Å². The minimum absolute atomic E-state index is 0.138. The zero-order valence-corrected chi connectivity index (χ0v) is 17.4. The van der Waals surface area contributed by atoms with Gasteiger partial charge in [0.15, 0.2) is 18.1 Å². The topological polar surface area (TPSA) is 71.3 Å². The maximum absolute atomic E-state index is 12.0. The van der Waals surface area contributed by atoms with E-state index >= 15 is 0 Å². The molecule has 0 bridgehead atoms. The van der Waals surface area contributed by atoms with Crippen molar-refractivity contribution < 1.29 is 14.3 Å². The zero-order valence-electron chi connectivity index (χ0n) is 14.2. The summed E-state index contributed by atoms with van der Waals surface area (Å²) in [5, 5.41) is 11.9. The van der Waals surface area contributed by atoms with Gasteiger partial charge in [-0.2, -0.15) is 5.26 Å². The molecule has 0 spiro atoms. The van der Waals surface area contributed by atoms with E-state index in [9.17, 15) is 4.79 Å². The molecule has 26 heavy (non-hydrogen) atoms. The first-order valence-electron chi connectivity index (χ1n) is 8.04. The van der Waals surface area contributed by atoms with Crippen molar-refractivity contribution in [1.82, 2.24) is 5.32 Å². The number of hydrogen-bond acceptors (Lipinski definition) is 4. The fourth-order valence-corrected chi connectivity index (χ4v) is 3.30. The Hall–Kier alpha value is -2.04. The molecule has 2 aromatic rings. The van der Waals surface area contributed by atoms with Crippen molar-refractivity contribution in [3.8, 4) is 17.6 Å². The number of hydrogen-bond donors (Lipinski definition) is 1. The molecule has 1 amide bonds. The number of nitrogens with one attached hydrogen (secondary N) is 1. The van der Waals surface area contributed by atoms with Gasteiger partial charge in [0.2, 0.25) is 0 Å². The predicted octanol–water partition coefficient (Wildman–Crippen LogP) is 4.22. The van der Waals surface area contributed by atoms with Crippen molar-refractivity contribution in [3.63, 3.8) is 0 Å². The Morgan fingerprint density at radius 2 is 1.96 bits per heavy atom. The lowest BCUT2D eigenvalue weighted by Gasteiger charge is -2.14. The SMILES string of the molecule is CCOc1cc(C#N)cc(Br)c1OCC(=O)NCCc1ccccc1Br. The molecule has 0 saturated heterocycles. The first kappa shape index (κ1) is 20.3. The van der Waals surface area contributed by atoms with Gasteiger partial charge in [0, 0.05) is 17.1 Å². The second-order valence-electron chi connectivity index (χ2n) is 5.31. The second kappa shape index (κ2) is 10.2. The highest BCUT2D eigenvalue weighted by Crippen LogP contribution is 2.36. The van der Waals surface area contributed by atoms with Gasteiger partial charge in [-0.1, -0.05) is 34.1 Å². The monoisotopic (exact) mass is 480 g/mol. The third kappa shape index (κ3) is 5.75. The van der Waals surface area contributed by atoms with Crippen molar-refractivity contribution in [2.75, 3.05) is 19.8 Å². The molecule has 0 fully saturated rings. The average Bonchev–Trinajstić information content (AvgIpc) is 2.62. The molecule has 0 aliphatic heterocycles. The molecule has 5 nitrogen and oxygen atoms in total. The molecule has 0 saturated carbocycles. The predicted molar refractivity (Wildman–Crippen MR) is 106 cm³/mol. The molecular formula is C19H18Br2N2O3. The van der Waals surface area contributed by atoms with Crippen LogP contribution in [0.15, 0.2) is 45.3 Å². The van der Waals surface area contributed by atoms with Crippen molar-refractivity contribution in [2.24, 2.45) is 0 Å². The number of ether oxygens (including phenoxy) is 2. The van der Waals surface area contributed by atoms with E-state index in [-0.39, 0.29) is 12.5 Å². The van der Waals surface area contributed by atoms with Crippen LogP contribution in [0.5, 0.6) is 11.5 Å². The average molecular weight is 482 g/mol. The largest absolute Gasteiger partial charge is 0.490 e. The summed E-state index contributed by atoms with van der Waals surface area (Å²) in [6, 6.07) is 13.2. The van der Waals surface area contributed by atoms with Crippen LogP contribution in [0.25, 0.3) is 0 Å². The van der Waals surface area contributed by atoms with E-state index in [1.807, 2.05) is 31.2 Å². The Balaban J connectivity index is 1.91. The highest BCUT2D eigenvalue weighted by Gasteiger charge is 2.14. The van der Waals surface area contributed by atoms with Gasteiger partial charge >= 0.3 is 0 Å². The Bertz CT molecular complexity index is 819. The number of rotatable bonds is 8. The van der Waals surface area contributed by atoms with Gasteiger partial charge in [0.1, 0.15) is 0 Å². The van der Waals surface area contributed by atoms with Gasteiger partial charge in [-0.3, -0.25) is 4.79 Å². The molecule has 1 N–H and O–H groups in total. The van der Waals surface area contributed by atoms with Crippen LogP contribution in [0.4, 0.5) is 0 Å². The molecule has 0 aromatic heterocycles. The van der Waals surface area contributed by atoms with E-state index in [4.69, 9.17) is 14.7 Å². The summed E-state index contributed by atoms with van der Waals surface area (Å²) in [5.74, 6) is 0.613. The highest BCUT2D eigenvalue weighted by molar-refractivity contribution is 9.10. The van der Waals surface area contributed by atoms with Gasteiger partial charge in [-0.25, -0.2) is 0 Å². The minimum Gasteiger partial charge on any atom is -0.490 e. The Kier molecular flexibility index (Phi) is 7.95. The third-order valence-electron chi connectivity index (χ3n) is 3.46. The molecule has 0 radical (unpaired) electrons. The van der Waals surface area contributed by atoms with Crippen LogP contribution >= 0.6 is 31.9 Å². The lowest BCUT2D eigenvalue weighted by atomic mass is 10.1. The van der Waals surface area contributed by atoms with Crippen LogP contribution in [0.2, 0.25) is 0 Å². The lowest BCUT2D eigenvalue weighted by molar-refractivity contribution is -0.123. The van der Waals surface area contributed by atoms with Crippen molar-refractivity contribution in [2.45, 2.75) is 13.3 Å². The van der Waals surface area contributed by atoms with E-state index in [0.717, 1.165) is 16.5 Å². The van der Waals surface area contributed by atoms with Crippen LogP contribution in [-0.4, -0.2) is 25.7 Å². The molecule has 0 aliphatic rings. The summed E-state index contributed by atoms with van der Waals surface area (Å²) < 4.78 is 12.7. The van der Waals surface area contributed by atoms with Crippen molar-refractivity contribution >= 4 is 37.8 Å². The molecular weight excluding hydrogens is 464 g/mol. The van der Waals surface area contributed by atoms with Gasteiger partial charge < -0.3 is 14.8 Å². The fourth-order valence-electron chi connectivity index (χ4n) is 2.26. The minimum atomic E-state index is -0.226. The molecule has 2 aromatic carbocycles. The summed E-state index contributed by atoms with van der Waals surface area (Å²) in [7, 11) is 0. The molecule has 7 heteroatoms. The van der Waals surface area contributed by atoms with E-state index in [0.29, 0.717) is 34.7 Å². The maximum atomic E-state index is 12.0. The molecule has 2 rings (SSSR count). The van der Waals surface area contributed by atoms with Crippen LogP contribution in [0.1, 0.15) is 18.1 Å². The molecule has 0 aliphatic carbocycles. The number of carbonyl (C=O) groups excluding carboxylic acids is 1. The second-order valence-corrected chi connectivity index (χ2v) is 7.02. The van der Waals surface area contributed by atoms with Crippen LogP contribution in [0, 0.1) is 11.3 Å². The normalized spacial score (nSPS) is 10.1. The van der Waals surface area contributed by atoms with Gasteiger partial charge in [-0.15, -0.1) is 0 Å². The number of carbonyl (C=O) groups is 1.